The molecule has 1 fully saturated rings. The van der Waals surface area contributed by atoms with E-state index in [0.717, 1.165) is 19.5 Å². The van der Waals surface area contributed by atoms with Crippen molar-refractivity contribution in [3.63, 3.8) is 0 Å². The number of nitrogens with zero attached hydrogens (tertiary/aromatic N) is 1. The summed E-state index contributed by atoms with van der Waals surface area (Å²) in [7, 11) is 0. The molecule has 0 aliphatic carbocycles. The van der Waals surface area contributed by atoms with E-state index in [1.807, 2.05) is 0 Å². The topological polar surface area (TPSA) is 49.9 Å². The summed E-state index contributed by atoms with van der Waals surface area (Å²) in [5, 5.41) is 10.6. The summed E-state index contributed by atoms with van der Waals surface area (Å²) >= 11 is 0. The first-order chi connectivity index (χ1) is 7.84. The third-order valence-electron chi connectivity index (χ3n) is 2.81. The molecular weight excluding hydrogens is 209 g/mol. The van der Waals surface area contributed by atoms with Crippen LogP contribution in [0.25, 0.3) is 10.9 Å². The van der Waals surface area contributed by atoms with Gasteiger partial charge in [-0.2, -0.15) is 0 Å². The zero-order chi connectivity index (χ0) is 11.0. The highest BCUT2D eigenvalue weighted by molar-refractivity contribution is 5.84. The van der Waals surface area contributed by atoms with Gasteiger partial charge in [0.05, 0.1) is 5.39 Å². The number of aromatic nitrogens is 2. The van der Waals surface area contributed by atoms with Gasteiger partial charge in [-0.1, -0.05) is 6.07 Å². The minimum absolute atomic E-state index is 0.134. The van der Waals surface area contributed by atoms with Crippen LogP contribution in [0.5, 0.6) is 5.88 Å². The molecule has 2 N–H and O–H groups in total. The van der Waals surface area contributed by atoms with Crippen LogP contribution in [-0.4, -0.2) is 29.4 Å². The van der Waals surface area contributed by atoms with Crippen LogP contribution < -0.4 is 10.1 Å². The lowest BCUT2D eigenvalue weighted by Crippen LogP contribution is -2.19. The highest BCUT2D eigenvalue weighted by atomic mass is 19.1. The molecule has 1 aromatic heterocycles. The first kappa shape index (κ1) is 9.59. The summed E-state index contributed by atoms with van der Waals surface area (Å²) in [6, 6.07) is 4.87. The molecule has 1 aliphatic heterocycles. The molecule has 3 rings (SSSR count). The number of H-pyrrole nitrogens is 1. The third kappa shape index (κ3) is 1.53. The van der Waals surface area contributed by atoms with Crippen LogP contribution in [0.15, 0.2) is 18.2 Å². The number of para-hydroxylation sites is 1. The predicted molar refractivity (Wildman–Crippen MR) is 58.0 cm³/mol. The smallest absolute Gasteiger partial charge is 0.240 e. The molecule has 0 bridgehead atoms. The molecule has 5 heteroatoms. The number of benzene rings is 1. The molecule has 1 unspecified atom stereocenters. The molecule has 2 aromatic rings. The monoisotopic (exact) mass is 221 g/mol. The molecule has 0 saturated carbocycles. The van der Waals surface area contributed by atoms with Crippen LogP contribution in [0.1, 0.15) is 6.42 Å². The number of ether oxygens (including phenoxy) is 1. The van der Waals surface area contributed by atoms with Gasteiger partial charge in [0.2, 0.25) is 5.88 Å². The van der Waals surface area contributed by atoms with Gasteiger partial charge in [0.1, 0.15) is 17.4 Å². The largest absolute Gasteiger partial charge is 0.471 e. The summed E-state index contributed by atoms with van der Waals surface area (Å²) < 4.78 is 19.1. The van der Waals surface area contributed by atoms with Gasteiger partial charge >= 0.3 is 0 Å². The zero-order valence-corrected chi connectivity index (χ0v) is 8.66. The average Bonchev–Trinajstić information content (AvgIpc) is 2.90. The number of hydrogen-bond donors (Lipinski definition) is 2. The molecule has 84 valence electrons. The van der Waals surface area contributed by atoms with E-state index in [1.54, 1.807) is 12.1 Å². The Bertz CT molecular complexity index is 505. The van der Waals surface area contributed by atoms with Crippen LogP contribution in [0.2, 0.25) is 0 Å². The minimum Gasteiger partial charge on any atom is -0.471 e. The molecule has 0 amide bonds. The maximum absolute atomic E-state index is 13.4. The first-order valence-corrected chi connectivity index (χ1v) is 5.34. The summed E-state index contributed by atoms with van der Waals surface area (Å²) in [4.78, 5) is 0. The van der Waals surface area contributed by atoms with Gasteiger partial charge in [0.25, 0.3) is 0 Å². The van der Waals surface area contributed by atoms with Gasteiger partial charge in [-0.3, -0.25) is 5.10 Å². The van der Waals surface area contributed by atoms with Crippen molar-refractivity contribution in [2.45, 2.75) is 12.5 Å². The molecule has 1 aromatic carbocycles. The Morgan fingerprint density at radius 3 is 3.19 bits per heavy atom. The van der Waals surface area contributed by atoms with Crippen molar-refractivity contribution in [2.75, 3.05) is 13.1 Å². The van der Waals surface area contributed by atoms with Gasteiger partial charge in [0.15, 0.2) is 0 Å². The average molecular weight is 221 g/mol. The lowest BCUT2D eigenvalue weighted by Gasteiger charge is -2.09. The van der Waals surface area contributed by atoms with Crippen molar-refractivity contribution in [1.29, 1.82) is 0 Å². The van der Waals surface area contributed by atoms with Crippen molar-refractivity contribution >= 4 is 10.9 Å². The second-order valence-corrected chi connectivity index (χ2v) is 3.92. The normalized spacial score (nSPS) is 20.4. The Kier molecular flexibility index (Phi) is 2.25. The van der Waals surface area contributed by atoms with Gasteiger partial charge in [-0.25, -0.2) is 4.39 Å². The third-order valence-corrected chi connectivity index (χ3v) is 2.81. The number of hydrogen-bond acceptors (Lipinski definition) is 3. The fourth-order valence-electron chi connectivity index (χ4n) is 1.96. The van der Waals surface area contributed by atoms with Crippen LogP contribution in [-0.2, 0) is 0 Å². The highest BCUT2D eigenvalue weighted by Gasteiger charge is 2.19. The Labute approximate surface area is 91.8 Å². The number of nitrogens with one attached hydrogen (secondary N) is 2. The van der Waals surface area contributed by atoms with E-state index < -0.39 is 0 Å². The van der Waals surface area contributed by atoms with E-state index in [9.17, 15) is 4.39 Å². The Morgan fingerprint density at radius 2 is 2.38 bits per heavy atom. The molecule has 2 heterocycles. The first-order valence-electron chi connectivity index (χ1n) is 5.34. The van der Waals surface area contributed by atoms with Crippen LogP contribution in [0, 0.1) is 5.82 Å². The molecule has 0 spiro atoms. The van der Waals surface area contributed by atoms with E-state index in [0.29, 0.717) is 16.8 Å². The predicted octanol–water partition coefficient (Wildman–Crippen LogP) is 1.44. The fourth-order valence-corrected chi connectivity index (χ4v) is 1.96. The van der Waals surface area contributed by atoms with Gasteiger partial charge in [-0.05, 0) is 25.1 Å². The molecule has 1 aliphatic rings. The summed E-state index contributed by atoms with van der Waals surface area (Å²) in [6.45, 7) is 1.78. The van der Waals surface area contributed by atoms with E-state index in [2.05, 4.69) is 15.5 Å². The van der Waals surface area contributed by atoms with Crippen molar-refractivity contribution in [1.82, 2.24) is 15.5 Å². The van der Waals surface area contributed by atoms with Gasteiger partial charge in [0, 0.05) is 6.54 Å². The van der Waals surface area contributed by atoms with Gasteiger partial charge < -0.3 is 10.1 Å². The van der Waals surface area contributed by atoms with E-state index in [1.165, 1.54) is 6.07 Å². The Hall–Kier alpha value is -1.62. The lowest BCUT2D eigenvalue weighted by molar-refractivity contribution is 0.216. The summed E-state index contributed by atoms with van der Waals surface area (Å²) in [5.74, 6) is 0.188. The highest BCUT2D eigenvalue weighted by Crippen LogP contribution is 2.25. The maximum atomic E-state index is 13.4. The Balaban J connectivity index is 1.94. The molecular formula is C11H12FN3O. The molecule has 4 nitrogen and oxygen atoms in total. The SMILES string of the molecule is Fc1cccc2c(OC3CCNC3)n[nH]c12. The van der Waals surface area contributed by atoms with E-state index >= 15 is 0 Å². The zero-order valence-electron chi connectivity index (χ0n) is 8.66. The fraction of sp³-hybridized carbons (Fsp3) is 0.364. The molecule has 16 heavy (non-hydrogen) atoms. The van der Waals surface area contributed by atoms with Crippen LogP contribution >= 0.6 is 0 Å². The van der Waals surface area contributed by atoms with Gasteiger partial charge in [-0.15, -0.1) is 5.10 Å². The lowest BCUT2D eigenvalue weighted by atomic mass is 10.2. The van der Waals surface area contributed by atoms with Crippen molar-refractivity contribution in [3.05, 3.63) is 24.0 Å². The quantitative estimate of drug-likeness (QED) is 0.806. The summed E-state index contributed by atoms with van der Waals surface area (Å²) in [6.07, 6.45) is 1.10. The maximum Gasteiger partial charge on any atom is 0.240 e. The van der Waals surface area contributed by atoms with Crippen molar-refractivity contribution in [3.8, 4) is 5.88 Å². The standard InChI is InChI=1S/C11H12FN3O/c12-9-3-1-2-8-10(9)14-15-11(8)16-7-4-5-13-6-7/h1-3,7,13H,4-6H2,(H,14,15). The van der Waals surface area contributed by atoms with Crippen LogP contribution in [0.4, 0.5) is 4.39 Å². The molecule has 0 radical (unpaired) electrons. The van der Waals surface area contributed by atoms with Crippen molar-refractivity contribution in [2.24, 2.45) is 0 Å². The Morgan fingerprint density at radius 1 is 1.44 bits per heavy atom. The van der Waals surface area contributed by atoms with Crippen molar-refractivity contribution < 1.29 is 9.13 Å². The molecule has 1 saturated heterocycles. The number of halogens is 1. The second kappa shape index (κ2) is 3.75. The van der Waals surface area contributed by atoms with Crippen LogP contribution in [0.3, 0.4) is 0 Å². The number of aromatic amines is 1. The second-order valence-electron chi connectivity index (χ2n) is 3.92. The number of rotatable bonds is 2. The number of fused-ring (bicyclic) bond motifs is 1. The summed E-state index contributed by atoms with van der Waals surface area (Å²) in [5.41, 5.74) is 0.406. The molecule has 1 atom stereocenters. The van der Waals surface area contributed by atoms with E-state index in [-0.39, 0.29) is 11.9 Å². The minimum atomic E-state index is -0.301. The van der Waals surface area contributed by atoms with E-state index in [4.69, 9.17) is 4.74 Å².